The molecule has 0 aromatic heterocycles. The molecule has 2 N–H and O–H groups in total. The molecule has 2 heterocycles. The standard InChI is InChI=1S/C44H54N4O10/c1-53-33-11-7-9-31(27-33)45-13-17-47(18-14-45)43(51)35(21-29-23-37(55-3)41(49)38(24-29)56-4)36(22-30-25-39(57-5)42(50)40(26-30)58-6)44(52)48-19-15-46(16-20-48)32-10-8-12-34(28-32)54-2/h7-12,23-28,35-36,49-50H,13-22H2,1-6H3/t35-,36+. The van der Waals surface area contributed by atoms with Gasteiger partial charge < -0.3 is 58.2 Å². The number of carbonyl (C=O) groups is 2. The number of ether oxygens (including phenoxy) is 6. The van der Waals surface area contributed by atoms with E-state index in [9.17, 15) is 10.2 Å². The highest BCUT2D eigenvalue weighted by atomic mass is 16.5. The molecule has 2 aliphatic rings. The van der Waals surface area contributed by atoms with Crippen molar-refractivity contribution in [1.82, 2.24) is 9.80 Å². The number of anilines is 2. The Morgan fingerprint density at radius 3 is 1.12 bits per heavy atom. The van der Waals surface area contributed by atoms with Gasteiger partial charge in [0.05, 0.1) is 54.5 Å². The predicted molar refractivity (Wildman–Crippen MR) is 220 cm³/mol. The molecular formula is C44H54N4O10. The summed E-state index contributed by atoms with van der Waals surface area (Å²) in [6, 6.07) is 22.4. The number of phenolic OH excluding ortho intramolecular Hbond substituents is 2. The number of rotatable bonds is 15. The minimum atomic E-state index is -0.850. The molecule has 4 aromatic carbocycles. The van der Waals surface area contributed by atoms with Gasteiger partial charge in [0.25, 0.3) is 0 Å². The largest absolute Gasteiger partial charge is 0.502 e. The van der Waals surface area contributed by atoms with Crippen molar-refractivity contribution in [2.45, 2.75) is 12.8 Å². The van der Waals surface area contributed by atoms with Gasteiger partial charge in [0.1, 0.15) is 11.5 Å². The van der Waals surface area contributed by atoms with Gasteiger partial charge in [-0.2, -0.15) is 0 Å². The maximum absolute atomic E-state index is 15.1. The number of hydrogen-bond donors (Lipinski definition) is 2. The summed E-state index contributed by atoms with van der Waals surface area (Å²) in [5.74, 6) is -0.0694. The van der Waals surface area contributed by atoms with Crippen molar-refractivity contribution in [2.24, 2.45) is 11.8 Å². The average Bonchev–Trinajstić information content (AvgIpc) is 3.27. The van der Waals surface area contributed by atoms with Gasteiger partial charge in [-0.05, 0) is 72.5 Å². The Hall–Kier alpha value is -6.18. The van der Waals surface area contributed by atoms with Gasteiger partial charge in [0, 0.05) is 75.9 Å². The number of amides is 2. The van der Waals surface area contributed by atoms with Crippen molar-refractivity contribution in [3.05, 3.63) is 83.9 Å². The van der Waals surface area contributed by atoms with Crippen LogP contribution in [-0.4, -0.2) is 127 Å². The highest BCUT2D eigenvalue weighted by molar-refractivity contribution is 5.89. The summed E-state index contributed by atoms with van der Waals surface area (Å²) in [7, 11) is 9.07. The van der Waals surface area contributed by atoms with E-state index >= 15 is 9.59 Å². The number of phenols is 2. The number of benzene rings is 4. The molecule has 14 nitrogen and oxygen atoms in total. The molecule has 310 valence electrons. The summed E-state index contributed by atoms with van der Waals surface area (Å²) >= 11 is 0. The van der Waals surface area contributed by atoms with E-state index in [1.165, 1.54) is 28.4 Å². The van der Waals surface area contributed by atoms with E-state index in [1.54, 1.807) is 38.5 Å². The topological polar surface area (TPSA) is 143 Å². The number of nitrogens with zero attached hydrogens (tertiary/aromatic N) is 4. The van der Waals surface area contributed by atoms with Crippen molar-refractivity contribution in [3.8, 4) is 46.0 Å². The lowest BCUT2D eigenvalue weighted by molar-refractivity contribution is -0.146. The van der Waals surface area contributed by atoms with Crippen molar-refractivity contribution in [1.29, 1.82) is 0 Å². The van der Waals surface area contributed by atoms with Crippen LogP contribution in [0.2, 0.25) is 0 Å². The highest BCUT2D eigenvalue weighted by Crippen LogP contribution is 2.41. The molecule has 0 aliphatic carbocycles. The zero-order chi connectivity index (χ0) is 41.3. The fourth-order valence-electron chi connectivity index (χ4n) is 7.90. The fourth-order valence-corrected chi connectivity index (χ4v) is 7.90. The molecule has 4 aromatic rings. The zero-order valence-corrected chi connectivity index (χ0v) is 34.1. The summed E-state index contributed by atoms with van der Waals surface area (Å²) in [6.45, 7) is 4.11. The minimum Gasteiger partial charge on any atom is -0.502 e. The first kappa shape index (κ1) is 41.5. The fraction of sp³-hybridized carbons (Fsp3) is 0.409. The van der Waals surface area contributed by atoms with Crippen LogP contribution in [0.25, 0.3) is 0 Å². The predicted octanol–water partition coefficient (Wildman–Crippen LogP) is 4.86. The summed E-state index contributed by atoms with van der Waals surface area (Å²) in [5.41, 5.74) is 3.31. The third-order valence-electron chi connectivity index (χ3n) is 11.1. The molecule has 14 heteroatoms. The van der Waals surface area contributed by atoms with Crippen molar-refractivity contribution >= 4 is 23.2 Å². The van der Waals surface area contributed by atoms with Crippen LogP contribution < -0.4 is 38.2 Å². The van der Waals surface area contributed by atoms with E-state index in [0.29, 0.717) is 63.5 Å². The normalized spacial score (nSPS) is 15.3. The zero-order valence-electron chi connectivity index (χ0n) is 34.1. The Morgan fingerprint density at radius 1 is 0.500 bits per heavy atom. The van der Waals surface area contributed by atoms with Crippen molar-refractivity contribution in [2.75, 3.05) is 105 Å². The van der Waals surface area contributed by atoms with Gasteiger partial charge in [0.15, 0.2) is 23.0 Å². The Balaban J connectivity index is 1.36. The van der Waals surface area contributed by atoms with E-state index in [-0.39, 0.29) is 59.2 Å². The Morgan fingerprint density at radius 2 is 0.828 bits per heavy atom. The van der Waals surface area contributed by atoms with Crippen LogP contribution >= 0.6 is 0 Å². The smallest absolute Gasteiger partial charge is 0.226 e. The SMILES string of the molecule is COc1cccc(N2CCN(C(=O)[C@@H](Cc3cc(OC)c(O)c(OC)c3)[C@@H](Cc3cc(OC)c(O)c(OC)c3)C(=O)N3CCN(c4cccc(OC)c4)CC3)CC2)c1. The van der Waals surface area contributed by atoms with Crippen LogP contribution in [0.4, 0.5) is 11.4 Å². The van der Waals surface area contributed by atoms with E-state index < -0.39 is 11.8 Å². The van der Waals surface area contributed by atoms with Crippen LogP contribution in [0.3, 0.4) is 0 Å². The molecule has 0 saturated carbocycles. The van der Waals surface area contributed by atoms with Crippen LogP contribution in [0.15, 0.2) is 72.8 Å². The lowest BCUT2D eigenvalue weighted by Crippen LogP contribution is -2.55. The lowest BCUT2D eigenvalue weighted by atomic mass is 9.80. The van der Waals surface area contributed by atoms with Crippen LogP contribution in [-0.2, 0) is 22.4 Å². The van der Waals surface area contributed by atoms with E-state index in [2.05, 4.69) is 9.80 Å². The summed E-state index contributed by atoms with van der Waals surface area (Å²) in [5, 5.41) is 21.6. The van der Waals surface area contributed by atoms with Gasteiger partial charge >= 0.3 is 0 Å². The quantitative estimate of drug-likeness (QED) is 0.170. The molecule has 0 bridgehead atoms. The maximum Gasteiger partial charge on any atom is 0.226 e. The summed E-state index contributed by atoms with van der Waals surface area (Å²) in [4.78, 5) is 38.4. The van der Waals surface area contributed by atoms with Crippen molar-refractivity contribution < 1.29 is 48.2 Å². The second kappa shape index (κ2) is 18.8. The monoisotopic (exact) mass is 798 g/mol. The number of carbonyl (C=O) groups excluding carboxylic acids is 2. The third kappa shape index (κ3) is 9.17. The molecule has 2 aliphatic heterocycles. The molecule has 2 saturated heterocycles. The molecule has 2 atom stereocenters. The Kier molecular flexibility index (Phi) is 13.5. The van der Waals surface area contributed by atoms with E-state index in [0.717, 1.165) is 22.9 Å². The van der Waals surface area contributed by atoms with Gasteiger partial charge in [-0.25, -0.2) is 0 Å². The molecule has 58 heavy (non-hydrogen) atoms. The van der Waals surface area contributed by atoms with Crippen LogP contribution in [0.5, 0.6) is 46.0 Å². The van der Waals surface area contributed by atoms with Crippen LogP contribution in [0.1, 0.15) is 11.1 Å². The molecule has 2 amide bonds. The molecule has 0 unspecified atom stereocenters. The number of hydrogen-bond acceptors (Lipinski definition) is 12. The number of aromatic hydroxyl groups is 2. The van der Waals surface area contributed by atoms with Gasteiger partial charge in [0.2, 0.25) is 23.3 Å². The van der Waals surface area contributed by atoms with Gasteiger partial charge in [-0.3, -0.25) is 9.59 Å². The van der Waals surface area contributed by atoms with E-state index in [4.69, 9.17) is 28.4 Å². The number of piperazine rings is 2. The van der Waals surface area contributed by atoms with Crippen molar-refractivity contribution in [3.63, 3.8) is 0 Å². The molecule has 2 fully saturated rings. The third-order valence-corrected chi connectivity index (χ3v) is 11.1. The molecular weight excluding hydrogens is 745 g/mol. The first-order valence-electron chi connectivity index (χ1n) is 19.3. The molecule has 6 rings (SSSR count). The first-order valence-corrected chi connectivity index (χ1v) is 19.3. The average molecular weight is 799 g/mol. The highest BCUT2D eigenvalue weighted by Gasteiger charge is 2.40. The minimum absolute atomic E-state index is 0.147. The lowest BCUT2D eigenvalue weighted by Gasteiger charge is -2.41. The van der Waals surface area contributed by atoms with Crippen LogP contribution in [0, 0.1) is 11.8 Å². The Labute approximate surface area is 340 Å². The second-order valence-corrected chi connectivity index (χ2v) is 14.3. The van der Waals surface area contributed by atoms with E-state index in [1.807, 2.05) is 58.3 Å². The number of methoxy groups -OCH3 is 6. The van der Waals surface area contributed by atoms with Gasteiger partial charge in [-0.15, -0.1) is 0 Å². The van der Waals surface area contributed by atoms with Gasteiger partial charge in [-0.1, -0.05) is 12.1 Å². The second-order valence-electron chi connectivity index (χ2n) is 14.3. The first-order chi connectivity index (χ1) is 28.1. The summed E-state index contributed by atoms with van der Waals surface area (Å²) in [6.07, 6.45) is 0.295. The molecule has 0 spiro atoms. The molecule has 0 radical (unpaired) electrons. The maximum atomic E-state index is 15.1. The summed E-state index contributed by atoms with van der Waals surface area (Å²) < 4.78 is 32.9. The Bertz CT molecular complexity index is 1850.